The third-order valence-electron chi connectivity index (χ3n) is 3.67. The molecule has 0 amide bonds. The average molecular weight is 274 g/mol. The summed E-state index contributed by atoms with van der Waals surface area (Å²) in [6.07, 6.45) is 3.34. The summed E-state index contributed by atoms with van der Waals surface area (Å²) in [6, 6.07) is 7.90. The first-order valence-electron chi connectivity index (χ1n) is 6.38. The van der Waals surface area contributed by atoms with Crippen molar-refractivity contribution in [3.8, 4) is 0 Å². The maximum atomic E-state index is 13.1. The number of anilines is 1. The summed E-state index contributed by atoms with van der Waals surface area (Å²) in [6.45, 7) is 4.05. The highest BCUT2D eigenvalue weighted by Gasteiger charge is 2.33. The van der Waals surface area contributed by atoms with Crippen LogP contribution in [-0.4, -0.2) is 4.98 Å². The summed E-state index contributed by atoms with van der Waals surface area (Å²) in [5, 5.41) is 0. The van der Waals surface area contributed by atoms with E-state index in [1.54, 1.807) is 30.6 Å². The molecular formula is C15H19FN4. The van der Waals surface area contributed by atoms with Crippen LogP contribution < -0.4 is 17.0 Å². The van der Waals surface area contributed by atoms with E-state index in [1.165, 1.54) is 12.1 Å². The van der Waals surface area contributed by atoms with Gasteiger partial charge in [0.05, 0.1) is 6.04 Å². The van der Waals surface area contributed by atoms with Crippen molar-refractivity contribution in [3.05, 3.63) is 59.7 Å². The molecule has 1 atom stereocenters. The fourth-order valence-electron chi connectivity index (χ4n) is 2.39. The normalized spacial score (nSPS) is 13.2. The van der Waals surface area contributed by atoms with Gasteiger partial charge < -0.3 is 5.73 Å². The van der Waals surface area contributed by atoms with Crippen molar-refractivity contribution in [1.29, 1.82) is 0 Å². The molecular weight excluding hydrogens is 255 g/mol. The molecule has 0 saturated heterocycles. The van der Waals surface area contributed by atoms with Gasteiger partial charge in [-0.2, -0.15) is 0 Å². The molecule has 1 aromatic carbocycles. The Hall–Kier alpha value is -1.98. The van der Waals surface area contributed by atoms with Crippen LogP contribution in [0, 0.1) is 5.82 Å². The first kappa shape index (κ1) is 14.4. The van der Waals surface area contributed by atoms with Gasteiger partial charge in [-0.05, 0) is 23.8 Å². The molecule has 0 fully saturated rings. The number of benzene rings is 1. The van der Waals surface area contributed by atoms with Crippen molar-refractivity contribution in [2.45, 2.75) is 25.3 Å². The zero-order valence-corrected chi connectivity index (χ0v) is 11.6. The molecule has 0 radical (unpaired) electrons. The fourth-order valence-corrected chi connectivity index (χ4v) is 2.39. The van der Waals surface area contributed by atoms with Crippen LogP contribution in [0.4, 0.5) is 10.1 Å². The van der Waals surface area contributed by atoms with Gasteiger partial charge in [-0.15, -0.1) is 0 Å². The van der Waals surface area contributed by atoms with Crippen LogP contribution in [-0.2, 0) is 5.41 Å². The van der Waals surface area contributed by atoms with Gasteiger partial charge in [0.1, 0.15) is 5.82 Å². The van der Waals surface area contributed by atoms with Crippen molar-refractivity contribution in [2.75, 3.05) is 5.73 Å². The molecule has 1 unspecified atom stereocenters. The van der Waals surface area contributed by atoms with E-state index >= 15 is 0 Å². The van der Waals surface area contributed by atoms with Crippen molar-refractivity contribution in [3.63, 3.8) is 0 Å². The first-order chi connectivity index (χ1) is 9.46. The maximum Gasteiger partial charge on any atom is 0.123 e. The lowest BCUT2D eigenvalue weighted by Gasteiger charge is -2.35. The Balaban J connectivity index is 2.44. The average Bonchev–Trinajstić information content (AvgIpc) is 2.42. The van der Waals surface area contributed by atoms with Gasteiger partial charge in [0.15, 0.2) is 0 Å². The quantitative estimate of drug-likeness (QED) is 0.590. The summed E-state index contributed by atoms with van der Waals surface area (Å²) in [5.41, 5.74) is 10.8. The van der Waals surface area contributed by atoms with Gasteiger partial charge in [0, 0.05) is 29.1 Å². The van der Waals surface area contributed by atoms with Crippen molar-refractivity contribution >= 4 is 5.69 Å². The second kappa shape index (κ2) is 5.56. The van der Waals surface area contributed by atoms with Gasteiger partial charge in [-0.3, -0.25) is 16.3 Å². The third kappa shape index (κ3) is 2.64. The topological polar surface area (TPSA) is 77.0 Å². The number of pyridine rings is 1. The van der Waals surface area contributed by atoms with Gasteiger partial charge in [-0.25, -0.2) is 4.39 Å². The molecule has 1 heterocycles. The highest BCUT2D eigenvalue weighted by molar-refractivity contribution is 5.48. The molecule has 2 aromatic rings. The molecule has 0 aliphatic rings. The Morgan fingerprint density at radius 1 is 1.20 bits per heavy atom. The van der Waals surface area contributed by atoms with E-state index in [0.717, 1.165) is 11.1 Å². The van der Waals surface area contributed by atoms with E-state index in [1.807, 2.05) is 13.8 Å². The second-order valence-electron chi connectivity index (χ2n) is 5.33. The minimum absolute atomic E-state index is 0.235. The van der Waals surface area contributed by atoms with Crippen LogP contribution in [0.5, 0.6) is 0 Å². The number of rotatable bonds is 4. The highest BCUT2D eigenvalue weighted by atomic mass is 19.1. The first-order valence-corrected chi connectivity index (χ1v) is 6.38. The molecule has 20 heavy (non-hydrogen) atoms. The van der Waals surface area contributed by atoms with E-state index in [9.17, 15) is 4.39 Å². The van der Waals surface area contributed by atoms with Crippen LogP contribution in [0.2, 0.25) is 0 Å². The maximum absolute atomic E-state index is 13.1. The number of hydrogen-bond acceptors (Lipinski definition) is 4. The Morgan fingerprint density at radius 3 is 2.40 bits per heavy atom. The lowest BCUT2D eigenvalue weighted by atomic mass is 9.75. The summed E-state index contributed by atoms with van der Waals surface area (Å²) >= 11 is 0. The zero-order valence-electron chi connectivity index (χ0n) is 11.6. The molecule has 4 nitrogen and oxygen atoms in total. The SMILES string of the molecule is CC(C)(c1ccc(F)cc1)C(NN)c1cnccc1N. The molecule has 0 aliphatic carbocycles. The standard InChI is InChI=1S/C15H19FN4/c1-15(2,10-3-5-11(16)6-4-10)14(20-18)12-9-19-8-7-13(12)17/h3-9,14,20H,18H2,1-2H3,(H2,17,19). The van der Waals surface area contributed by atoms with E-state index in [4.69, 9.17) is 11.6 Å². The molecule has 0 saturated carbocycles. The number of nitrogens with two attached hydrogens (primary N) is 2. The van der Waals surface area contributed by atoms with Crippen molar-refractivity contribution < 1.29 is 4.39 Å². The smallest absolute Gasteiger partial charge is 0.123 e. The molecule has 1 aromatic heterocycles. The Labute approximate surface area is 118 Å². The van der Waals surface area contributed by atoms with Crippen LogP contribution in [0.15, 0.2) is 42.7 Å². The van der Waals surface area contributed by atoms with Crippen LogP contribution in [0.3, 0.4) is 0 Å². The number of halogens is 1. The van der Waals surface area contributed by atoms with Crippen LogP contribution >= 0.6 is 0 Å². The molecule has 5 heteroatoms. The Kier molecular flexibility index (Phi) is 4.01. The number of nitrogen functional groups attached to an aromatic ring is 1. The van der Waals surface area contributed by atoms with Gasteiger partial charge in [0.2, 0.25) is 0 Å². The van der Waals surface area contributed by atoms with Crippen LogP contribution in [0.1, 0.15) is 31.0 Å². The molecule has 2 rings (SSSR count). The highest BCUT2D eigenvalue weighted by Crippen LogP contribution is 2.38. The predicted molar refractivity (Wildman–Crippen MR) is 78.1 cm³/mol. The minimum atomic E-state index is -0.375. The number of hydrogen-bond donors (Lipinski definition) is 3. The second-order valence-corrected chi connectivity index (χ2v) is 5.33. The monoisotopic (exact) mass is 274 g/mol. The lowest BCUT2D eigenvalue weighted by Crippen LogP contribution is -2.41. The largest absolute Gasteiger partial charge is 0.398 e. The molecule has 0 bridgehead atoms. The summed E-state index contributed by atoms with van der Waals surface area (Å²) in [5.74, 6) is 5.46. The van der Waals surface area contributed by atoms with Crippen molar-refractivity contribution in [2.24, 2.45) is 5.84 Å². The van der Waals surface area contributed by atoms with E-state index in [0.29, 0.717) is 5.69 Å². The molecule has 0 spiro atoms. The zero-order chi connectivity index (χ0) is 14.8. The summed E-state index contributed by atoms with van der Waals surface area (Å²) < 4.78 is 13.1. The number of nitrogens with one attached hydrogen (secondary N) is 1. The Bertz CT molecular complexity index is 581. The Morgan fingerprint density at radius 2 is 1.85 bits per heavy atom. The number of nitrogens with zero attached hydrogens (tertiary/aromatic N) is 1. The van der Waals surface area contributed by atoms with Gasteiger partial charge in [0.25, 0.3) is 0 Å². The van der Waals surface area contributed by atoms with Crippen molar-refractivity contribution in [1.82, 2.24) is 10.4 Å². The van der Waals surface area contributed by atoms with E-state index in [-0.39, 0.29) is 17.3 Å². The third-order valence-corrected chi connectivity index (χ3v) is 3.67. The minimum Gasteiger partial charge on any atom is -0.398 e. The lowest BCUT2D eigenvalue weighted by molar-refractivity contribution is 0.352. The molecule has 106 valence electrons. The van der Waals surface area contributed by atoms with E-state index in [2.05, 4.69) is 10.4 Å². The summed E-state index contributed by atoms with van der Waals surface area (Å²) in [7, 11) is 0. The predicted octanol–water partition coefficient (Wildman–Crippen LogP) is 2.29. The molecule has 5 N–H and O–H groups in total. The van der Waals surface area contributed by atoms with Gasteiger partial charge >= 0.3 is 0 Å². The molecule has 0 aliphatic heterocycles. The van der Waals surface area contributed by atoms with E-state index < -0.39 is 0 Å². The number of aromatic nitrogens is 1. The fraction of sp³-hybridized carbons (Fsp3) is 0.267. The van der Waals surface area contributed by atoms with Gasteiger partial charge in [-0.1, -0.05) is 26.0 Å². The summed E-state index contributed by atoms with van der Waals surface area (Å²) in [4.78, 5) is 4.10. The van der Waals surface area contributed by atoms with Crippen LogP contribution in [0.25, 0.3) is 0 Å². The number of hydrazine groups is 1.